The van der Waals surface area contributed by atoms with Gasteiger partial charge in [-0.05, 0) is 51.4 Å². The van der Waals surface area contributed by atoms with Crippen LogP contribution in [0.1, 0.15) is 265 Å². The average molecular weight is 789 g/mol. The van der Waals surface area contributed by atoms with Crippen molar-refractivity contribution >= 4 is 11.9 Å². The molecule has 0 heterocycles. The Labute approximate surface area is 349 Å². The van der Waals surface area contributed by atoms with E-state index in [1.54, 1.807) is 0 Å². The highest BCUT2D eigenvalue weighted by molar-refractivity contribution is 5.70. The van der Waals surface area contributed by atoms with E-state index in [0.29, 0.717) is 26.1 Å². The van der Waals surface area contributed by atoms with Gasteiger partial charge in [-0.3, -0.25) is 9.59 Å². The van der Waals surface area contributed by atoms with Gasteiger partial charge in [0, 0.05) is 19.4 Å². The van der Waals surface area contributed by atoms with E-state index in [0.717, 1.165) is 38.5 Å². The molecule has 5 heteroatoms. The zero-order chi connectivity index (χ0) is 40.7. The summed E-state index contributed by atoms with van der Waals surface area (Å²) in [5.74, 6) is -0.388. The van der Waals surface area contributed by atoms with E-state index >= 15 is 0 Å². The monoisotopic (exact) mass is 789 g/mol. The maximum atomic E-state index is 12.7. The largest absolute Gasteiger partial charge is 0.462 e. The SMILES string of the molecule is CCCCC/C=C\C/C=C\CCCCCCCCCCCC(=O)OCC(COCCCCCCCCCCCC)OC(=O)CCCCCCCCCCCCC. The Morgan fingerprint density at radius 1 is 0.393 bits per heavy atom. The summed E-state index contributed by atoms with van der Waals surface area (Å²) < 4.78 is 17.3. The predicted molar refractivity (Wildman–Crippen MR) is 242 cm³/mol. The Morgan fingerprint density at radius 2 is 0.750 bits per heavy atom. The molecule has 0 aromatic rings. The summed E-state index contributed by atoms with van der Waals surface area (Å²) in [5.41, 5.74) is 0. The summed E-state index contributed by atoms with van der Waals surface area (Å²) in [7, 11) is 0. The second kappa shape index (κ2) is 47.8. The highest BCUT2D eigenvalue weighted by Gasteiger charge is 2.17. The first-order valence-electron chi connectivity index (χ1n) is 24.9. The van der Waals surface area contributed by atoms with Gasteiger partial charge >= 0.3 is 11.9 Å². The number of esters is 2. The number of allylic oxidation sites excluding steroid dienone is 4. The van der Waals surface area contributed by atoms with Crippen molar-refractivity contribution in [3.8, 4) is 0 Å². The fourth-order valence-electron chi connectivity index (χ4n) is 7.25. The lowest BCUT2D eigenvalue weighted by Crippen LogP contribution is -2.30. The highest BCUT2D eigenvalue weighted by atomic mass is 16.6. The molecular weight excluding hydrogens is 693 g/mol. The minimum atomic E-state index is -0.527. The van der Waals surface area contributed by atoms with Crippen LogP contribution in [0.4, 0.5) is 0 Å². The molecule has 330 valence electrons. The van der Waals surface area contributed by atoms with Gasteiger partial charge in [-0.2, -0.15) is 0 Å². The second-order valence-electron chi connectivity index (χ2n) is 16.7. The number of unbranched alkanes of at least 4 members (excludes halogenated alkanes) is 31. The van der Waals surface area contributed by atoms with Gasteiger partial charge in [0.2, 0.25) is 0 Å². The van der Waals surface area contributed by atoms with Crippen LogP contribution in [-0.4, -0.2) is 37.9 Å². The first-order valence-corrected chi connectivity index (χ1v) is 24.9. The summed E-state index contributed by atoms with van der Waals surface area (Å²) in [6.07, 6.45) is 54.6. The molecule has 0 spiro atoms. The van der Waals surface area contributed by atoms with Gasteiger partial charge in [0.15, 0.2) is 6.10 Å². The van der Waals surface area contributed by atoms with Gasteiger partial charge < -0.3 is 14.2 Å². The lowest BCUT2D eigenvalue weighted by molar-refractivity contribution is -0.163. The molecule has 0 bridgehead atoms. The molecule has 0 fully saturated rings. The molecule has 1 unspecified atom stereocenters. The number of carbonyl (C=O) groups excluding carboxylic acids is 2. The molecule has 0 aromatic carbocycles. The van der Waals surface area contributed by atoms with Crippen LogP contribution in [0.25, 0.3) is 0 Å². The van der Waals surface area contributed by atoms with Crippen LogP contribution in [0.2, 0.25) is 0 Å². The molecule has 0 radical (unpaired) electrons. The van der Waals surface area contributed by atoms with E-state index in [-0.39, 0.29) is 18.5 Å². The van der Waals surface area contributed by atoms with E-state index in [9.17, 15) is 9.59 Å². The lowest BCUT2D eigenvalue weighted by Gasteiger charge is -2.18. The summed E-state index contributed by atoms with van der Waals surface area (Å²) in [4.78, 5) is 25.3. The molecule has 0 rings (SSSR count). The Morgan fingerprint density at radius 3 is 1.21 bits per heavy atom. The first-order chi connectivity index (χ1) is 27.6. The van der Waals surface area contributed by atoms with Crippen LogP contribution in [0.3, 0.4) is 0 Å². The van der Waals surface area contributed by atoms with Gasteiger partial charge in [0.25, 0.3) is 0 Å². The topological polar surface area (TPSA) is 61.8 Å². The molecule has 0 aromatic heterocycles. The number of hydrogen-bond donors (Lipinski definition) is 0. The van der Waals surface area contributed by atoms with Crippen molar-refractivity contribution in [2.75, 3.05) is 19.8 Å². The molecule has 0 amide bonds. The molecule has 0 aliphatic rings. The smallest absolute Gasteiger partial charge is 0.306 e. The molecule has 5 nitrogen and oxygen atoms in total. The number of ether oxygens (including phenoxy) is 3. The maximum Gasteiger partial charge on any atom is 0.306 e. The van der Waals surface area contributed by atoms with Crippen molar-refractivity contribution in [1.29, 1.82) is 0 Å². The van der Waals surface area contributed by atoms with E-state index in [1.807, 2.05) is 0 Å². The molecule has 1 atom stereocenters. The Bertz CT molecular complexity index is 851. The first kappa shape index (κ1) is 54.4. The third-order valence-electron chi connectivity index (χ3n) is 11.0. The van der Waals surface area contributed by atoms with Gasteiger partial charge in [0.1, 0.15) is 6.61 Å². The van der Waals surface area contributed by atoms with E-state index in [2.05, 4.69) is 45.1 Å². The molecule has 0 aliphatic carbocycles. The highest BCUT2D eigenvalue weighted by Crippen LogP contribution is 2.15. The van der Waals surface area contributed by atoms with Gasteiger partial charge in [-0.25, -0.2) is 0 Å². The second-order valence-corrected chi connectivity index (χ2v) is 16.7. The predicted octanol–water partition coefficient (Wildman–Crippen LogP) is 16.5. The zero-order valence-electron chi connectivity index (χ0n) is 37.9. The Kier molecular flexibility index (Phi) is 46.4. The maximum absolute atomic E-state index is 12.7. The van der Waals surface area contributed by atoms with Crippen LogP contribution in [-0.2, 0) is 23.8 Å². The normalized spacial score (nSPS) is 12.3. The Hall–Kier alpha value is -1.62. The molecule has 0 saturated heterocycles. The third-order valence-corrected chi connectivity index (χ3v) is 11.0. The van der Waals surface area contributed by atoms with Crippen LogP contribution in [0, 0.1) is 0 Å². The Balaban J connectivity index is 4.14. The summed E-state index contributed by atoms with van der Waals surface area (Å²) in [6, 6.07) is 0. The van der Waals surface area contributed by atoms with E-state index in [1.165, 1.54) is 193 Å². The number of rotatable bonds is 46. The fourth-order valence-corrected chi connectivity index (χ4v) is 7.25. The van der Waals surface area contributed by atoms with Crippen molar-refractivity contribution in [2.45, 2.75) is 271 Å². The molecule has 0 aliphatic heterocycles. The standard InChI is InChI=1S/C51H96O5/c1-4-7-10-13-16-19-22-23-24-25-26-27-28-29-31-32-35-38-41-44-50(52)55-48-49(47-54-46-43-40-37-34-21-18-15-12-9-6-3)56-51(53)45-42-39-36-33-30-20-17-14-11-8-5-2/h16,19,23-24,49H,4-15,17-18,20-22,25-48H2,1-3H3/b19-16-,24-23-. The van der Waals surface area contributed by atoms with Crippen molar-refractivity contribution < 1.29 is 23.8 Å². The minimum Gasteiger partial charge on any atom is -0.462 e. The molecular formula is C51H96O5. The van der Waals surface area contributed by atoms with Crippen LogP contribution in [0.15, 0.2) is 24.3 Å². The third kappa shape index (κ3) is 45.1. The van der Waals surface area contributed by atoms with E-state index < -0.39 is 6.10 Å². The number of carbonyl (C=O) groups is 2. The van der Waals surface area contributed by atoms with Gasteiger partial charge in [-0.1, -0.05) is 225 Å². The summed E-state index contributed by atoms with van der Waals surface area (Å²) in [6.45, 7) is 7.83. The lowest BCUT2D eigenvalue weighted by atomic mass is 10.1. The average Bonchev–Trinajstić information content (AvgIpc) is 3.20. The zero-order valence-corrected chi connectivity index (χ0v) is 37.9. The minimum absolute atomic E-state index is 0.0901. The van der Waals surface area contributed by atoms with E-state index in [4.69, 9.17) is 14.2 Å². The summed E-state index contributed by atoms with van der Waals surface area (Å²) in [5, 5.41) is 0. The number of hydrogen-bond acceptors (Lipinski definition) is 5. The molecule has 0 saturated carbocycles. The van der Waals surface area contributed by atoms with Crippen LogP contribution < -0.4 is 0 Å². The van der Waals surface area contributed by atoms with Gasteiger partial charge in [-0.15, -0.1) is 0 Å². The van der Waals surface area contributed by atoms with Gasteiger partial charge in [0.05, 0.1) is 6.61 Å². The summed E-state index contributed by atoms with van der Waals surface area (Å²) >= 11 is 0. The quantitative estimate of drug-likeness (QED) is 0.0349. The van der Waals surface area contributed by atoms with Crippen molar-refractivity contribution in [2.24, 2.45) is 0 Å². The molecule has 56 heavy (non-hydrogen) atoms. The van der Waals surface area contributed by atoms with Crippen LogP contribution >= 0.6 is 0 Å². The van der Waals surface area contributed by atoms with Crippen LogP contribution in [0.5, 0.6) is 0 Å². The van der Waals surface area contributed by atoms with Crippen molar-refractivity contribution in [1.82, 2.24) is 0 Å². The molecule has 0 N–H and O–H groups in total. The van der Waals surface area contributed by atoms with Crippen molar-refractivity contribution in [3.05, 3.63) is 24.3 Å². The van der Waals surface area contributed by atoms with Crippen molar-refractivity contribution in [3.63, 3.8) is 0 Å². The fraction of sp³-hybridized carbons (Fsp3) is 0.882.